The second-order valence-electron chi connectivity index (χ2n) is 6.12. The van der Waals surface area contributed by atoms with Gasteiger partial charge in [-0.05, 0) is 12.8 Å². The van der Waals surface area contributed by atoms with E-state index in [-0.39, 0.29) is 0 Å². The van der Waals surface area contributed by atoms with E-state index in [1.165, 1.54) is 23.4 Å². The second-order valence-corrected chi connectivity index (χ2v) is 6.12. The van der Waals surface area contributed by atoms with Crippen LogP contribution in [0.25, 0.3) is 11.4 Å². The molecule has 1 aliphatic rings. The minimum absolute atomic E-state index is 0.486. The molecule has 2 heterocycles. The number of aromatic nitrogens is 2. The molecule has 0 fully saturated rings. The normalized spacial score (nSPS) is 17.3. The maximum atomic E-state index is 4.96. The first-order chi connectivity index (χ1) is 10.2. The van der Waals surface area contributed by atoms with E-state index < -0.39 is 0 Å². The van der Waals surface area contributed by atoms with Crippen LogP contribution in [0.3, 0.4) is 0 Å². The average Bonchev–Trinajstić information content (AvgIpc) is 2.93. The number of fused-ring (bicyclic) bond motifs is 1. The number of imidazole rings is 1. The number of nitrogens with zero attached hydrogens (tertiary/aromatic N) is 2. The Bertz CT molecular complexity index is 600. The van der Waals surface area contributed by atoms with Crippen molar-refractivity contribution in [2.24, 2.45) is 5.92 Å². The van der Waals surface area contributed by atoms with Gasteiger partial charge < -0.3 is 9.88 Å². The summed E-state index contributed by atoms with van der Waals surface area (Å²) in [4.78, 5) is 4.96. The van der Waals surface area contributed by atoms with Crippen molar-refractivity contribution >= 4 is 0 Å². The summed E-state index contributed by atoms with van der Waals surface area (Å²) in [7, 11) is 0. The minimum Gasteiger partial charge on any atom is -0.325 e. The quantitative estimate of drug-likeness (QED) is 0.925. The Morgan fingerprint density at radius 3 is 2.71 bits per heavy atom. The standard InChI is InChI=1S/C18H25N3/c1-4-13(2)14(3)21-17-10-11-19-12-16(17)20-18(21)15-8-6-5-7-9-15/h5-9,13-14,19H,4,10-12H2,1-3H3. The summed E-state index contributed by atoms with van der Waals surface area (Å²) in [5.41, 5.74) is 3.89. The number of rotatable bonds is 4. The maximum Gasteiger partial charge on any atom is 0.140 e. The van der Waals surface area contributed by atoms with Gasteiger partial charge in [0.1, 0.15) is 5.82 Å². The summed E-state index contributed by atoms with van der Waals surface area (Å²) in [6, 6.07) is 11.1. The lowest BCUT2D eigenvalue weighted by atomic mass is 9.99. The summed E-state index contributed by atoms with van der Waals surface area (Å²) in [6.07, 6.45) is 2.27. The molecule has 1 N–H and O–H groups in total. The van der Waals surface area contributed by atoms with Gasteiger partial charge in [0.2, 0.25) is 0 Å². The van der Waals surface area contributed by atoms with Crippen LogP contribution < -0.4 is 5.32 Å². The zero-order chi connectivity index (χ0) is 14.8. The van der Waals surface area contributed by atoms with Crippen molar-refractivity contribution in [1.82, 2.24) is 14.9 Å². The Hall–Kier alpha value is -1.61. The Morgan fingerprint density at radius 2 is 2.00 bits per heavy atom. The fourth-order valence-corrected chi connectivity index (χ4v) is 3.16. The lowest BCUT2D eigenvalue weighted by Crippen LogP contribution is -2.26. The average molecular weight is 283 g/mol. The molecule has 2 unspecified atom stereocenters. The smallest absolute Gasteiger partial charge is 0.140 e. The molecule has 0 saturated carbocycles. The van der Waals surface area contributed by atoms with Gasteiger partial charge >= 0.3 is 0 Å². The number of hydrogen-bond acceptors (Lipinski definition) is 2. The first-order valence-corrected chi connectivity index (χ1v) is 8.08. The molecule has 2 aromatic rings. The predicted octanol–water partition coefficient (Wildman–Crippen LogP) is 3.80. The molecule has 0 aliphatic carbocycles. The number of benzene rings is 1. The summed E-state index contributed by atoms with van der Waals surface area (Å²) >= 11 is 0. The van der Waals surface area contributed by atoms with Crippen molar-refractivity contribution in [2.75, 3.05) is 6.54 Å². The summed E-state index contributed by atoms with van der Waals surface area (Å²) < 4.78 is 2.50. The Kier molecular flexibility index (Phi) is 4.11. The predicted molar refractivity (Wildman–Crippen MR) is 87.2 cm³/mol. The first-order valence-electron chi connectivity index (χ1n) is 8.08. The van der Waals surface area contributed by atoms with E-state index in [4.69, 9.17) is 4.98 Å². The molecule has 0 radical (unpaired) electrons. The molecule has 3 nitrogen and oxygen atoms in total. The third kappa shape index (κ3) is 2.62. The second kappa shape index (κ2) is 6.02. The highest BCUT2D eigenvalue weighted by Gasteiger charge is 2.25. The van der Waals surface area contributed by atoms with Gasteiger partial charge in [0.25, 0.3) is 0 Å². The van der Waals surface area contributed by atoms with E-state index in [0.29, 0.717) is 12.0 Å². The van der Waals surface area contributed by atoms with Crippen molar-refractivity contribution in [3.63, 3.8) is 0 Å². The van der Waals surface area contributed by atoms with Gasteiger partial charge in [0, 0.05) is 36.8 Å². The van der Waals surface area contributed by atoms with Gasteiger partial charge in [-0.25, -0.2) is 4.98 Å². The van der Waals surface area contributed by atoms with Crippen LogP contribution in [0.1, 0.15) is 44.6 Å². The van der Waals surface area contributed by atoms with Gasteiger partial charge in [-0.3, -0.25) is 0 Å². The molecular formula is C18H25N3. The van der Waals surface area contributed by atoms with Gasteiger partial charge in [0.05, 0.1) is 5.69 Å². The van der Waals surface area contributed by atoms with Crippen LogP contribution in [0.2, 0.25) is 0 Å². The van der Waals surface area contributed by atoms with Crippen molar-refractivity contribution in [1.29, 1.82) is 0 Å². The van der Waals surface area contributed by atoms with Crippen LogP contribution in [0.15, 0.2) is 30.3 Å². The molecule has 1 aromatic carbocycles. The van der Waals surface area contributed by atoms with Crippen LogP contribution >= 0.6 is 0 Å². The van der Waals surface area contributed by atoms with Crippen LogP contribution in [0.4, 0.5) is 0 Å². The third-order valence-electron chi connectivity index (χ3n) is 4.83. The Labute approximate surface area is 127 Å². The number of nitrogens with one attached hydrogen (secondary N) is 1. The highest BCUT2D eigenvalue weighted by atomic mass is 15.1. The van der Waals surface area contributed by atoms with E-state index in [2.05, 4.69) is 61.0 Å². The summed E-state index contributed by atoms with van der Waals surface area (Å²) in [5, 5.41) is 3.44. The van der Waals surface area contributed by atoms with Crippen molar-refractivity contribution in [3.8, 4) is 11.4 Å². The zero-order valence-corrected chi connectivity index (χ0v) is 13.3. The molecule has 0 spiro atoms. The molecule has 0 amide bonds. The highest BCUT2D eigenvalue weighted by molar-refractivity contribution is 5.57. The van der Waals surface area contributed by atoms with Gasteiger partial charge in [-0.15, -0.1) is 0 Å². The number of hydrogen-bond donors (Lipinski definition) is 1. The molecule has 0 bridgehead atoms. The zero-order valence-electron chi connectivity index (χ0n) is 13.3. The molecule has 1 aromatic heterocycles. The molecule has 0 saturated heterocycles. The van der Waals surface area contributed by atoms with Crippen LogP contribution in [-0.4, -0.2) is 16.1 Å². The minimum atomic E-state index is 0.486. The van der Waals surface area contributed by atoms with Crippen LogP contribution in [-0.2, 0) is 13.0 Å². The van der Waals surface area contributed by atoms with Crippen molar-refractivity contribution < 1.29 is 0 Å². The molecule has 21 heavy (non-hydrogen) atoms. The molecule has 112 valence electrons. The molecular weight excluding hydrogens is 258 g/mol. The maximum absolute atomic E-state index is 4.96. The molecule has 2 atom stereocenters. The Morgan fingerprint density at radius 1 is 1.24 bits per heavy atom. The van der Waals surface area contributed by atoms with E-state index in [0.717, 1.165) is 25.3 Å². The topological polar surface area (TPSA) is 29.9 Å². The van der Waals surface area contributed by atoms with Gasteiger partial charge in [-0.1, -0.05) is 50.6 Å². The van der Waals surface area contributed by atoms with E-state index in [9.17, 15) is 0 Å². The van der Waals surface area contributed by atoms with Gasteiger partial charge in [0.15, 0.2) is 0 Å². The summed E-state index contributed by atoms with van der Waals surface area (Å²) in [5.74, 6) is 1.79. The Balaban J connectivity index is 2.13. The van der Waals surface area contributed by atoms with Crippen LogP contribution in [0, 0.1) is 5.92 Å². The van der Waals surface area contributed by atoms with E-state index in [1.807, 2.05) is 0 Å². The van der Waals surface area contributed by atoms with Crippen molar-refractivity contribution in [3.05, 3.63) is 41.7 Å². The largest absolute Gasteiger partial charge is 0.325 e. The first kappa shape index (κ1) is 14.3. The fourth-order valence-electron chi connectivity index (χ4n) is 3.16. The monoisotopic (exact) mass is 283 g/mol. The lowest BCUT2D eigenvalue weighted by Gasteiger charge is -2.26. The third-order valence-corrected chi connectivity index (χ3v) is 4.83. The molecule has 3 rings (SSSR count). The van der Waals surface area contributed by atoms with Crippen LogP contribution in [0.5, 0.6) is 0 Å². The van der Waals surface area contributed by atoms with Gasteiger partial charge in [-0.2, -0.15) is 0 Å². The van der Waals surface area contributed by atoms with E-state index in [1.54, 1.807) is 0 Å². The fraction of sp³-hybridized carbons (Fsp3) is 0.500. The highest BCUT2D eigenvalue weighted by Crippen LogP contribution is 2.32. The molecule has 1 aliphatic heterocycles. The molecule has 3 heteroatoms. The van der Waals surface area contributed by atoms with Crippen molar-refractivity contribution in [2.45, 2.75) is 46.2 Å². The SMILES string of the molecule is CCC(C)C(C)n1c(-c2ccccc2)nc2c1CCNC2. The lowest BCUT2D eigenvalue weighted by molar-refractivity contribution is 0.362. The summed E-state index contributed by atoms with van der Waals surface area (Å²) in [6.45, 7) is 8.90. The van der Waals surface area contributed by atoms with E-state index >= 15 is 0 Å².